The Labute approximate surface area is 156 Å². The quantitative estimate of drug-likeness (QED) is 0.676. The molecule has 0 atom stereocenters. The Kier molecular flexibility index (Phi) is 5.24. The maximum Gasteiger partial charge on any atom is 0.258 e. The summed E-state index contributed by atoms with van der Waals surface area (Å²) in [4.78, 5) is 19.1. The van der Waals surface area contributed by atoms with Crippen molar-refractivity contribution in [2.75, 3.05) is 18.4 Å². The summed E-state index contributed by atoms with van der Waals surface area (Å²) < 4.78 is 40.5. The van der Waals surface area contributed by atoms with Crippen molar-refractivity contribution in [3.8, 4) is 0 Å². The molecule has 0 unspecified atom stereocenters. The maximum absolute atomic E-state index is 14.2. The van der Waals surface area contributed by atoms with Crippen LogP contribution in [0.1, 0.15) is 24.2 Å². The number of hydrogen-bond donors (Lipinski definition) is 2. The van der Waals surface area contributed by atoms with Crippen molar-refractivity contribution >= 4 is 32.9 Å². The van der Waals surface area contributed by atoms with E-state index in [2.05, 4.69) is 15.3 Å². The van der Waals surface area contributed by atoms with E-state index in [1.165, 1.54) is 6.07 Å². The molecule has 0 saturated carbocycles. The van der Waals surface area contributed by atoms with Crippen molar-refractivity contribution in [1.82, 2.24) is 14.3 Å². The molecule has 0 radical (unpaired) electrons. The van der Waals surface area contributed by atoms with E-state index in [0.29, 0.717) is 5.52 Å². The SMILES string of the molecule is CCN(CC)S(=O)(=O)c1cc(C(=O)Nc2nc3ccccc3[nH]2)ccc1F. The van der Waals surface area contributed by atoms with Crippen LogP contribution in [0, 0.1) is 5.82 Å². The van der Waals surface area contributed by atoms with Crippen molar-refractivity contribution in [1.29, 1.82) is 0 Å². The van der Waals surface area contributed by atoms with Gasteiger partial charge in [0, 0.05) is 18.7 Å². The van der Waals surface area contributed by atoms with Gasteiger partial charge in [0.25, 0.3) is 5.91 Å². The van der Waals surface area contributed by atoms with Gasteiger partial charge in [-0.25, -0.2) is 17.8 Å². The Morgan fingerprint density at radius 3 is 2.56 bits per heavy atom. The number of fused-ring (bicyclic) bond motifs is 1. The topological polar surface area (TPSA) is 95.2 Å². The second-order valence-electron chi connectivity index (χ2n) is 5.79. The lowest BCUT2D eigenvalue weighted by atomic mass is 10.2. The number of nitrogens with zero attached hydrogens (tertiary/aromatic N) is 2. The number of benzene rings is 2. The van der Waals surface area contributed by atoms with Gasteiger partial charge in [-0.05, 0) is 30.3 Å². The van der Waals surface area contributed by atoms with Gasteiger partial charge in [-0.1, -0.05) is 26.0 Å². The first-order valence-corrected chi connectivity index (χ1v) is 9.86. The summed E-state index contributed by atoms with van der Waals surface area (Å²) in [5, 5.41) is 2.57. The van der Waals surface area contributed by atoms with Crippen LogP contribution in [-0.4, -0.2) is 41.7 Å². The van der Waals surface area contributed by atoms with Crippen LogP contribution in [-0.2, 0) is 10.0 Å². The number of hydrogen-bond acceptors (Lipinski definition) is 4. The first-order valence-electron chi connectivity index (χ1n) is 8.42. The number of amides is 1. The molecule has 0 fully saturated rings. The summed E-state index contributed by atoms with van der Waals surface area (Å²) >= 11 is 0. The molecule has 0 aliphatic carbocycles. The van der Waals surface area contributed by atoms with Crippen molar-refractivity contribution in [3.05, 3.63) is 53.8 Å². The smallest absolute Gasteiger partial charge is 0.258 e. The lowest BCUT2D eigenvalue weighted by Crippen LogP contribution is -2.31. The summed E-state index contributed by atoms with van der Waals surface area (Å²) in [5.74, 6) is -1.27. The molecule has 0 saturated heterocycles. The van der Waals surface area contributed by atoms with E-state index in [9.17, 15) is 17.6 Å². The Morgan fingerprint density at radius 2 is 1.89 bits per heavy atom. The highest BCUT2D eigenvalue weighted by Crippen LogP contribution is 2.21. The van der Waals surface area contributed by atoms with Gasteiger partial charge >= 0.3 is 0 Å². The maximum atomic E-state index is 14.2. The van der Waals surface area contributed by atoms with Crippen LogP contribution in [0.5, 0.6) is 0 Å². The molecular formula is C18H19FN4O3S. The Balaban J connectivity index is 1.91. The van der Waals surface area contributed by atoms with Crippen molar-refractivity contribution in [2.24, 2.45) is 0 Å². The number of aromatic amines is 1. The predicted octanol–water partition coefficient (Wildman–Crippen LogP) is 2.98. The summed E-state index contributed by atoms with van der Waals surface area (Å²) in [6.45, 7) is 3.73. The normalized spacial score (nSPS) is 11.9. The van der Waals surface area contributed by atoms with Crippen LogP contribution in [0.25, 0.3) is 11.0 Å². The van der Waals surface area contributed by atoms with Gasteiger partial charge in [0.1, 0.15) is 10.7 Å². The fourth-order valence-electron chi connectivity index (χ4n) is 2.74. The molecule has 0 bridgehead atoms. The Bertz CT molecular complexity index is 1060. The van der Waals surface area contributed by atoms with Crippen molar-refractivity contribution in [3.63, 3.8) is 0 Å². The van der Waals surface area contributed by atoms with E-state index in [-0.39, 0.29) is 24.6 Å². The predicted molar refractivity (Wildman–Crippen MR) is 101 cm³/mol. The second-order valence-corrected chi connectivity index (χ2v) is 7.70. The fourth-order valence-corrected chi connectivity index (χ4v) is 4.28. The zero-order chi connectivity index (χ0) is 19.6. The molecule has 0 aliphatic rings. The van der Waals surface area contributed by atoms with Crippen LogP contribution in [0.3, 0.4) is 0 Å². The number of halogens is 1. The molecule has 9 heteroatoms. The average molecular weight is 390 g/mol. The molecule has 3 rings (SSSR count). The largest absolute Gasteiger partial charge is 0.324 e. The highest BCUT2D eigenvalue weighted by Gasteiger charge is 2.26. The van der Waals surface area contributed by atoms with E-state index in [1.54, 1.807) is 19.9 Å². The second kappa shape index (κ2) is 7.45. The Hall–Kier alpha value is -2.78. The van der Waals surface area contributed by atoms with Gasteiger partial charge in [0.2, 0.25) is 16.0 Å². The van der Waals surface area contributed by atoms with Crippen molar-refractivity contribution < 1.29 is 17.6 Å². The highest BCUT2D eigenvalue weighted by atomic mass is 32.2. The van der Waals surface area contributed by atoms with E-state index >= 15 is 0 Å². The van der Waals surface area contributed by atoms with E-state index in [1.807, 2.05) is 18.2 Å². The number of H-pyrrole nitrogens is 1. The fraction of sp³-hybridized carbons (Fsp3) is 0.222. The molecule has 3 aromatic rings. The molecule has 2 N–H and O–H groups in total. The number of imidazole rings is 1. The zero-order valence-corrected chi connectivity index (χ0v) is 15.7. The van der Waals surface area contributed by atoms with E-state index in [0.717, 1.165) is 22.0 Å². The molecule has 0 aliphatic heterocycles. The third kappa shape index (κ3) is 3.69. The van der Waals surface area contributed by atoms with Crippen molar-refractivity contribution in [2.45, 2.75) is 18.7 Å². The summed E-state index contributed by atoms with van der Waals surface area (Å²) in [5.41, 5.74) is 1.44. The molecule has 27 heavy (non-hydrogen) atoms. The number of anilines is 1. The number of nitrogens with one attached hydrogen (secondary N) is 2. The van der Waals surface area contributed by atoms with Crippen LogP contribution in [0.4, 0.5) is 10.3 Å². The van der Waals surface area contributed by atoms with Crippen LogP contribution < -0.4 is 5.32 Å². The molecule has 1 aromatic heterocycles. The monoisotopic (exact) mass is 390 g/mol. The summed E-state index contributed by atoms with van der Waals surface area (Å²) in [7, 11) is -4.03. The van der Waals surface area contributed by atoms with Gasteiger partial charge in [0.15, 0.2) is 0 Å². The number of carbonyl (C=O) groups is 1. The van der Waals surface area contributed by atoms with Gasteiger partial charge in [-0.3, -0.25) is 10.1 Å². The highest BCUT2D eigenvalue weighted by molar-refractivity contribution is 7.89. The lowest BCUT2D eigenvalue weighted by Gasteiger charge is -2.19. The standard InChI is InChI=1S/C18H19FN4O3S/c1-3-23(4-2)27(25,26)16-11-12(9-10-13(16)19)17(24)22-18-20-14-7-5-6-8-15(14)21-18/h5-11H,3-4H2,1-2H3,(H2,20,21,22,24). The van der Waals surface area contributed by atoms with Crippen LogP contribution in [0.2, 0.25) is 0 Å². The number of carbonyl (C=O) groups excluding carboxylic acids is 1. The zero-order valence-electron chi connectivity index (χ0n) is 14.9. The van der Waals surface area contributed by atoms with Gasteiger partial charge < -0.3 is 4.98 Å². The van der Waals surface area contributed by atoms with Gasteiger partial charge in [0.05, 0.1) is 11.0 Å². The van der Waals surface area contributed by atoms with Crippen LogP contribution >= 0.6 is 0 Å². The molecule has 142 valence electrons. The van der Waals surface area contributed by atoms with E-state index in [4.69, 9.17) is 0 Å². The molecule has 7 nitrogen and oxygen atoms in total. The summed E-state index contributed by atoms with van der Waals surface area (Å²) in [6.07, 6.45) is 0. The lowest BCUT2D eigenvalue weighted by molar-refractivity contribution is 0.102. The third-order valence-corrected chi connectivity index (χ3v) is 6.20. The molecule has 0 spiro atoms. The molecule has 1 heterocycles. The number of para-hydroxylation sites is 2. The van der Waals surface area contributed by atoms with Gasteiger partial charge in [-0.15, -0.1) is 0 Å². The van der Waals surface area contributed by atoms with Crippen LogP contribution in [0.15, 0.2) is 47.4 Å². The van der Waals surface area contributed by atoms with Gasteiger partial charge in [-0.2, -0.15) is 4.31 Å². The minimum atomic E-state index is -4.03. The number of rotatable bonds is 6. The molecule has 2 aromatic carbocycles. The minimum Gasteiger partial charge on any atom is -0.324 e. The van der Waals surface area contributed by atoms with E-state index < -0.39 is 26.6 Å². The first kappa shape index (κ1) is 19.0. The number of sulfonamides is 1. The number of aromatic nitrogens is 2. The molecular weight excluding hydrogens is 371 g/mol. The molecule has 1 amide bonds. The summed E-state index contributed by atoms with van der Waals surface area (Å²) in [6, 6.07) is 10.5. The average Bonchev–Trinajstić information content (AvgIpc) is 3.04. The Morgan fingerprint density at radius 1 is 1.19 bits per heavy atom. The third-order valence-electron chi connectivity index (χ3n) is 4.14. The minimum absolute atomic E-state index is 0.0163. The first-order chi connectivity index (χ1) is 12.9.